The highest BCUT2D eigenvalue weighted by molar-refractivity contribution is 7.91. The van der Waals surface area contributed by atoms with Gasteiger partial charge >= 0.3 is 0 Å². The first kappa shape index (κ1) is 23.6. The molecule has 0 saturated heterocycles. The van der Waals surface area contributed by atoms with Gasteiger partial charge in [-0.15, -0.1) is 0 Å². The lowest BCUT2D eigenvalue weighted by atomic mass is 10.3. The van der Waals surface area contributed by atoms with Gasteiger partial charge < -0.3 is 4.90 Å². The van der Waals surface area contributed by atoms with Gasteiger partial charge in [0.1, 0.15) is 11.3 Å². The van der Waals surface area contributed by atoms with E-state index in [1.54, 1.807) is 6.07 Å². The van der Waals surface area contributed by atoms with E-state index >= 15 is 0 Å². The fourth-order valence-corrected chi connectivity index (χ4v) is 5.55. The van der Waals surface area contributed by atoms with Gasteiger partial charge in [0.05, 0.1) is 20.4 Å². The van der Waals surface area contributed by atoms with Gasteiger partial charge in [0.25, 0.3) is 0 Å². The molecule has 0 N–H and O–H groups in total. The number of amides is 1. The average molecular weight is 484 g/mol. The average Bonchev–Trinajstić information content (AvgIpc) is 3.15. The van der Waals surface area contributed by atoms with Gasteiger partial charge in [-0.05, 0) is 63.5 Å². The van der Waals surface area contributed by atoms with Crippen LogP contribution in [-0.2, 0) is 14.6 Å². The molecule has 10 heteroatoms. The third kappa shape index (κ3) is 6.00. The van der Waals surface area contributed by atoms with Crippen molar-refractivity contribution < 1.29 is 17.6 Å². The highest BCUT2D eigenvalue weighted by Gasteiger charge is 2.23. The Kier molecular flexibility index (Phi) is 7.64. The minimum atomic E-state index is -3.71. The summed E-state index contributed by atoms with van der Waals surface area (Å²) in [5.74, 6) is -1.22. The van der Waals surface area contributed by atoms with Crippen molar-refractivity contribution in [3.63, 3.8) is 0 Å². The van der Waals surface area contributed by atoms with Gasteiger partial charge in [-0.25, -0.2) is 17.8 Å². The number of anilines is 1. The Hall–Kier alpha value is -2.07. The van der Waals surface area contributed by atoms with Crippen molar-refractivity contribution in [2.45, 2.75) is 17.7 Å². The highest BCUT2D eigenvalue weighted by Crippen LogP contribution is 2.33. The summed E-state index contributed by atoms with van der Waals surface area (Å²) in [5.41, 5.74) is 0.619. The summed E-state index contributed by atoms with van der Waals surface area (Å²) in [6.45, 7) is 1.17. The predicted octanol–water partition coefficient (Wildman–Crippen LogP) is 4.24. The number of hydrogen-bond acceptors (Lipinski definition) is 6. The largest absolute Gasteiger partial charge is 0.309 e. The van der Waals surface area contributed by atoms with Crippen LogP contribution in [-0.4, -0.2) is 57.1 Å². The standard InChI is InChI=1S/C21H23ClFN3O3S2/c1-25(2)12-4-13-26(21-24-20-17(22)5-3-6-18(20)30-21)19(27)11-14-31(28,29)16-9-7-15(23)8-10-16/h3,5-10H,4,11-14H2,1-2H3. The number of carbonyl (C=O) groups is 1. The highest BCUT2D eigenvalue weighted by atomic mass is 35.5. The molecule has 6 nitrogen and oxygen atoms in total. The summed E-state index contributed by atoms with van der Waals surface area (Å²) in [4.78, 5) is 21.1. The summed E-state index contributed by atoms with van der Waals surface area (Å²) < 4.78 is 39.1. The molecule has 0 aliphatic heterocycles. The van der Waals surface area contributed by atoms with Gasteiger partial charge in [0, 0.05) is 13.0 Å². The number of sulfone groups is 1. The first-order chi connectivity index (χ1) is 14.7. The molecule has 0 aliphatic carbocycles. The Bertz CT molecular complexity index is 1160. The van der Waals surface area contributed by atoms with E-state index in [1.165, 1.54) is 28.4 Å². The molecule has 3 aromatic rings. The van der Waals surface area contributed by atoms with E-state index in [0.717, 1.165) is 23.4 Å². The van der Waals surface area contributed by atoms with Crippen molar-refractivity contribution in [2.24, 2.45) is 0 Å². The van der Waals surface area contributed by atoms with Gasteiger partial charge in [0.2, 0.25) is 5.91 Å². The Labute approximate surface area is 190 Å². The predicted molar refractivity (Wildman–Crippen MR) is 123 cm³/mol. The number of carbonyl (C=O) groups excluding carboxylic acids is 1. The van der Waals surface area contributed by atoms with E-state index in [4.69, 9.17) is 11.6 Å². The molecule has 0 aliphatic rings. The first-order valence-electron chi connectivity index (χ1n) is 9.66. The van der Waals surface area contributed by atoms with E-state index in [2.05, 4.69) is 4.98 Å². The molecule has 0 fully saturated rings. The second-order valence-electron chi connectivity index (χ2n) is 7.31. The van der Waals surface area contributed by atoms with Crippen LogP contribution < -0.4 is 4.90 Å². The zero-order valence-corrected chi connectivity index (χ0v) is 19.6. The summed E-state index contributed by atoms with van der Waals surface area (Å²) in [5, 5.41) is 0.991. The van der Waals surface area contributed by atoms with E-state index < -0.39 is 15.7 Å². The van der Waals surface area contributed by atoms with E-state index in [-0.39, 0.29) is 23.0 Å². The maximum absolute atomic E-state index is 13.1. The van der Waals surface area contributed by atoms with Crippen molar-refractivity contribution in [3.05, 3.63) is 53.3 Å². The second-order valence-corrected chi connectivity index (χ2v) is 10.8. The molecule has 1 amide bonds. The number of halogens is 2. The Morgan fingerprint density at radius 2 is 1.84 bits per heavy atom. The third-order valence-electron chi connectivity index (χ3n) is 4.63. The minimum Gasteiger partial charge on any atom is -0.309 e. The topological polar surface area (TPSA) is 70.6 Å². The smallest absolute Gasteiger partial charge is 0.229 e. The molecule has 1 heterocycles. The number of para-hydroxylation sites is 1. The van der Waals surface area contributed by atoms with E-state index in [1.807, 2.05) is 31.1 Å². The number of fused-ring (bicyclic) bond motifs is 1. The molecule has 1 aromatic heterocycles. The van der Waals surface area contributed by atoms with Crippen molar-refractivity contribution in [1.29, 1.82) is 0 Å². The molecule has 0 radical (unpaired) electrons. The number of rotatable bonds is 9. The lowest BCUT2D eigenvalue weighted by Gasteiger charge is -2.21. The number of thiazole rings is 1. The normalized spacial score (nSPS) is 11.9. The minimum absolute atomic E-state index is 0.00683. The second kappa shape index (κ2) is 10.0. The molecular formula is C21H23ClFN3O3S2. The third-order valence-corrected chi connectivity index (χ3v) is 7.72. The fourth-order valence-electron chi connectivity index (χ4n) is 3.01. The number of aromatic nitrogens is 1. The fraction of sp³-hybridized carbons (Fsp3) is 0.333. The summed E-state index contributed by atoms with van der Waals surface area (Å²) in [6.07, 6.45) is 0.498. The van der Waals surface area contributed by atoms with Gasteiger partial charge in [0.15, 0.2) is 15.0 Å². The lowest BCUT2D eigenvalue weighted by Crippen LogP contribution is -2.34. The van der Waals surface area contributed by atoms with Crippen LogP contribution in [0, 0.1) is 5.82 Å². The number of benzene rings is 2. The van der Waals surface area contributed by atoms with Crippen molar-refractivity contribution in [2.75, 3.05) is 37.8 Å². The van der Waals surface area contributed by atoms with Gasteiger partial charge in [-0.1, -0.05) is 29.0 Å². The van der Waals surface area contributed by atoms with Crippen LogP contribution in [0.4, 0.5) is 9.52 Å². The summed E-state index contributed by atoms with van der Waals surface area (Å²) in [6, 6.07) is 10.0. The van der Waals surface area contributed by atoms with Crippen molar-refractivity contribution >= 4 is 54.0 Å². The van der Waals surface area contributed by atoms with Crippen LogP contribution in [0.3, 0.4) is 0 Å². The van der Waals surface area contributed by atoms with Crippen LogP contribution in [0.2, 0.25) is 5.02 Å². The van der Waals surface area contributed by atoms with Gasteiger partial charge in [-0.3, -0.25) is 9.69 Å². The maximum atomic E-state index is 13.1. The SMILES string of the molecule is CN(C)CCCN(C(=O)CCS(=O)(=O)c1ccc(F)cc1)c1nc2c(Cl)cccc2s1. The molecular weight excluding hydrogens is 461 g/mol. The van der Waals surface area contributed by atoms with E-state index in [0.29, 0.717) is 28.6 Å². The van der Waals surface area contributed by atoms with Gasteiger partial charge in [-0.2, -0.15) is 0 Å². The molecule has 31 heavy (non-hydrogen) atoms. The van der Waals surface area contributed by atoms with Crippen LogP contribution >= 0.6 is 22.9 Å². The summed E-state index contributed by atoms with van der Waals surface area (Å²) in [7, 11) is 0.173. The molecule has 0 atom stereocenters. The molecule has 2 aromatic carbocycles. The van der Waals surface area contributed by atoms with Crippen LogP contribution in [0.15, 0.2) is 47.4 Å². The Balaban J connectivity index is 1.80. The number of nitrogens with zero attached hydrogens (tertiary/aromatic N) is 3. The quantitative estimate of drug-likeness (QED) is 0.426. The molecule has 3 rings (SSSR count). The molecule has 0 saturated carbocycles. The zero-order chi connectivity index (χ0) is 22.6. The van der Waals surface area contributed by atoms with Crippen LogP contribution in [0.1, 0.15) is 12.8 Å². The zero-order valence-electron chi connectivity index (χ0n) is 17.2. The first-order valence-corrected chi connectivity index (χ1v) is 12.5. The molecule has 0 spiro atoms. The molecule has 0 unspecified atom stereocenters. The Morgan fingerprint density at radius 1 is 1.13 bits per heavy atom. The molecule has 166 valence electrons. The summed E-state index contributed by atoms with van der Waals surface area (Å²) >= 11 is 7.57. The lowest BCUT2D eigenvalue weighted by molar-refractivity contribution is -0.118. The van der Waals surface area contributed by atoms with Crippen molar-refractivity contribution in [3.8, 4) is 0 Å². The van der Waals surface area contributed by atoms with Crippen LogP contribution in [0.25, 0.3) is 10.2 Å². The van der Waals surface area contributed by atoms with E-state index in [9.17, 15) is 17.6 Å². The van der Waals surface area contributed by atoms with Crippen molar-refractivity contribution in [1.82, 2.24) is 9.88 Å². The van der Waals surface area contributed by atoms with Crippen LogP contribution in [0.5, 0.6) is 0 Å². The maximum Gasteiger partial charge on any atom is 0.229 e. The monoisotopic (exact) mass is 483 g/mol. The molecule has 0 bridgehead atoms. The Morgan fingerprint density at radius 3 is 2.48 bits per heavy atom. The number of hydrogen-bond donors (Lipinski definition) is 0.